The normalized spacial score (nSPS) is 32.7. The fourth-order valence-corrected chi connectivity index (χ4v) is 4.13. The first-order valence-corrected chi connectivity index (χ1v) is 7.93. The molecular weight excluding hydrogens is 274 g/mol. The van der Waals surface area contributed by atoms with Gasteiger partial charge in [0.15, 0.2) is 0 Å². The predicted molar refractivity (Wildman–Crippen MR) is 78.1 cm³/mol. The van der Waals surface area contributed by atoms with Crippen LogP contribution in [0.3, 0.4) is 0 Å². The van der Waals surface area contributed by atoms with Crippen molar-refractivity contribution in [2.45, 2.75) is 44.3 Å². The number of aromatic nitrogens is 1. The van der Waals surface area contributed by atoms with Crippen LogP contribution < -0.4 is 5.32 Å². The maximum Gasteiger partial charge on any atom is 0.271 e. The number of hydrogen-bond donors (Lipinski definition) is 1. The summed E-state index contributed by atoms with van der Waals surface area (Å²) in [4.78, 5) is 15.1. The SMILES string of the molecule is CC1CC2CNCC2N1C(=O)c1cc(Cl)cn1C1CC1. The number of likely N-dealkylation sites (tertiary alicyclic amines) is 1. The maximum atomic E-state index is 13.0. The quantitative estimate of drug-likeness (QED) is 0.908. The molecule has 1 aromatic rings. The van der Waals surface area contributed by atoms with Crippen LogP contribution in [0.4, 0.5) is 0 Å². The van der Waals surface area contributed by atoms with Crippen molar-refractivity contribution in [3.63, 3.8) is 0 Å². The molecule has 3 fully saturated rings. The van der Waals surface area contributed by atoms with Crippen molar-refractivity contribution < 1.29 is 4.79 Å². The Labute approximate surface area is 124 Å². The van der Waals surface area contributed by atoms with Gasteiger partial charge in [0.25, 0.3) is 5.91 Å². The van der Waals surface area contributed by atoms with Crippen molar-refractivity contribution >= 4 is 17.5 Å². The molecule has 20 heavy (non-hydrogen) atoms. The highest BCUT2D eigenvalue weighted by Gasteiger charge is 2.45. The summed E-state index contributed by atoms with van der Waals surface area (Å²) in [5, 5.41) is 4.08. The number of nitrogens with zero attached hydrogens (tertiary/aromatic N) is 2. The van der Waals surface area contributed by atoms with E-state index in [4.69, 9.17) is 11.6 Å². The molecule has 2 saturated heterocycles. The second-order valence-corrected chi connectivity index (χ2v) is 6.90. The van der Waals surface area contributed by atoms with E-state index in [1.807, 2.05) is 12.3 Å². The molecule has 1 aliphatic carbocycles. The first-order chi connectivity index (χ1) is 9.65. The first-order valence-electron chi connectivity index (χ1n) is 7.56. The monoisotopic (exact) mass is 293 g/mol. The van der Waals surface area contributed by atoms with E-state index < -0.39 is 0 Å². The van der Waals surface area contributed by atoms with Crippen LogP contribution in [0.15, 0.2) is 12.3 Å². The van der Waals surface area contributed by atoms with E-state index >= 15 is 0 Å². The van der Waals surface area contributed by atoms with E-state index in [-0.39, 0.29) is 5.91 Å². The lowest BCUT2D eigenvalue weighted by Crippen LogP contribution is -2.43. The molecule has 108 valence electrons. The first kappa shape index (κ1) is 12.7. The fourth-order valence-electron chi connectivity index (χ4n) is 3.92. The zero-order chi connectivity index (χ0) is 13.9. The molecule has 0 aromatic carbocycles. The summed E-state index contributed by atoms with van der Waals surface area (Å²) < 4.78 is 2.09. The van der Waals surface area contributed by atoms with Gasteiger partial charge in [-0.3, -0.25) is 4.79 Å². The fraction of sp³-hybridized carbons (Fsp3) is 0.667. The van der Waals surface area contributed by atoms with Gasteiger partial charge in [-0.15, -0.1) is 0 Å². The van der Waals surface area contributed by atoms with Gasteiger partial charge < -0.3 is 14.8 Å². The Kier molecular flexibility index (Phi) is 2.86. The molecule has 2 aliphatic heterocycles. The lowest BCUT2D eigenvalue weighted by molar-refractivity contribution is 0.0670. The maximum absolute atomic E-state index is 13.0. The van der Waals surface area contributed by atoms with E-state index in [1.54, 1.807) is 0 Å². The lowest BCUT2D eigenvalue weighted by Gasteiger charge is -2.28. The number of rotatable bonds is 2. The standard InChI is InChI=1S/C15H20ClN3O/c1-9-4-10-6-17-7-14(10)19(9)15(20)13-5-11(16)8-18(13)12-2-3-12/h5,8-10,12,14,17H,2-4,6-7H2,1H3. The summed E-state index contributed by atoms with van der Waals surface area (Å²) in [6.07, 6.45) is 5.35. The van der Waals surface area contributed by atoms with Crippen LogP contribution >= 0.6 is 11.6 Å². The van der Waals surface area contributed by atoms with Gasteiger partial charge in [0.1, 0.15) is 5.69 Å². The highest BCUT2D eigenvalue weighted by molar-refractivity contribution is 6.31. The van der Waals surface area contributed by atoms with Gasteiger partial charge in [-0.1, -0.05) is 11.6 Å². The molecule has 3 aliphatic rings. The molecule has 4 nitrogen and oxygen atoms in total. The number of halogens is 1. The zero-order valence-electron chi connectivity index (χ0n) is 11.7. The molecule has 4 rings (SSSR count). The summed E-state index contributed by atoms with van der Waals surface area (Å²) in [6, 6.07) is 3.02. The number of carbonyl (C=O) groups is 1. The third kappa shape index (κ3) is 1.89. The topological polar surface area (TPSA) is 37.3 Å². The predicted octanol–water partition coefficient (Wildman–Crippen LogP) is 2.30. The van der Waals surface area contributed by atoms with E-state index in [1.165, 1.54) is 0 Å². The Morgan fingerprint density at radius 3 is 2.95 bits per heavy atom. The summed E-state index contributed by atoms with van der Waals surface area (Å²) in [5.41, 5.74) is 0.775. The molecule has 3 atom stereocenters. The van der Waals surface area contributed by atoms with Crippen LogP contribution in [-0.2, 0) is 0 Å². The van der Waals surface area contributed by atoms with Gasteiger partial charge in [0, 0.05) is 37.4 Å². The Morgan fingerprint density at radius 1 is 1.40 bits per heavy atom. The average Bonchev–Trinajstić information content (AvgIpc) is 2.91. The van der Waals surface area contributed by atoms with Crippen LogP contribution in [0.2, 0.25) is 5.02 Å². The summed E-state index contributed by atoms with van der Waals surface area (Å²) in [7, 11) is 0. The summed E-state index contributed by atoms with van der Waals surface area (Å²) in [6.45, 7) is 4.14. The molecule has 1 aromatic heterocycles. The van der Waals surface area contributed by atoms with Crippen molar-refractivity contribution in [1.82, 2.24) is 14.8 Å². The number of nitrogens with one attached hydrogen (secondary N) is 1. The second kappa shape index (κ2) is 4.50. The van der Waals surface area contributed by atoms with Crippen LogP contribution in [-0.4, -0.2) is 40.5 Å². The molecule has 0 bridgehead atoms. The van der Waals surface area contributed by atoms with Gasteiger partial charge in [-0.05, 0) is 38.2 Å². The molecule has 5 heteroatoms. The highest BCUT2D eigenvalue weighted by Crippen LogP contribution is 2.39. The Hall–Kier alpha value is -1.00. The van der Waals surface area contributed by atoms with Crippen LogP contribution in [0.1, 0.15) is 42.7 Å². The van der Waals surface area contributed by atoms with Crippen LogP contribution in [0.25, 0.3) is 0 Å². The van der Waals surface area contributed by atoms with Crippen molar-refractivity contribution in [3.05, 3.63) is 23.0 Å². The molecule has 3 heterocycles. The van der Waals surface area contributed by atoms with Gasteiger partial charge >= 0.3 is 0 Å². The van der Waals surface area contributed by atoms with E-state index in [0.717, 1.165) is 38.0 Å². The summed E-state index contributed by atoms with van der Waals surface area (Å²) in [5.74, 6) is 0.779. The van der Waals surface area contributed by atoms with Crippen molar-refractivity contribution in [2.75, 3.05) is 13.1 Å². The minimum absolute atomic E-state index is 0.160. The van der Waals surface area contributed by atoms with E-state index in [9.17, 15) is 4.79 Å². The third-order valence-electron chi connectivity index (χ3n) is 4.99. The number of hydrogen-bond acceptors (Lipinski definition) is 2. The Balaban J connectivity index is 1.66. The van der Waals surface area contributed by atoms with Gasteiger partial charge in [0.2, 0.25) is 0 Å². The number of carbonyl (C=O) groups excluding carboxylic acids is 1. The number of fused-ring (bicyclic) bond motifs is 1. The molecule has 0 spiro atoms. The van der Waals surface area contributed by atoms with E-state index in [0.29, 0.717) is 29.1 Å². The molecular formula is C15H20ClN3O. The van der Waals surface area contributed by atoms with Gasteiger partial charge in [-0.25, -0.2) is 0 Å². The van der Waals surface area contributed by atoms with Crippen LogP contribution in [0.5, 0.6) is 0 Å². The minimum Gasteiger partial charge on any atom is -0.339 e. The molecule has 3 unspecified atom stereocenters. The van der Waals surface area contributed by atoms with E-state index in [2.05, 4.69) is 21.7 Å². The Morgan fingerprint density at radius 2 is 2.20 bits per heavy atom. The zero-order valence-corrected chi connectivity index (χ0v) is 12.4. The highest BCUT2D eigenvalue weighted by atomic mass is 35.5. The second-order valence-electron chi connectivity index (χ2n) is 6.46. The lowest BCUT2D eigenvalue weighted by atomic mass is 10.0. The summed E-state index contributed by atoms with van der Waals surface area (Å²) >= 11 is 6.13. The average molecular weight is 294 g/mol. The minimum atomic E-state index is 0.160. The van der Waals surface area contributed by atoms with Gasteiger partial charge in [-0.2, -0.15) is 0 Å². The molecule has 1 saturated carbocycles. The third-order valence-corrected chi connectivity index (χ3v) is 5.20. The van der Waals surface area contributed by atoms with Crippen molar-refractivity contribution in [2.24, 2.45) is 5.92 Å². The number of amides is 1. The van der Waals surface area contributed by atoms with Crippen molar-refractivity contribution in [1.29, 1.82) is 0 Å². The smallest absolute Gasteiger partial charge is 0.271 e. The van der Waals surface area contributed by atoms with Gasteiger partial charge in [0.05, 0.1) is 5.02 Å². The van der Waals surface area contributed by atoms with Crippen molar-refractivity contribution in [3.8, 4) is 0 Å². The van der Waals surface area contributed by atoms with Crippen LogP contribution in [0, 0.1) is 5.92 Å². The Bertz CT molecular complexity index is 551. The molecule has 0 radical (unpaired) electrons. The molecule has 1 amide bonds. The molecule has 1 N–H and O–H groups in total. The largest absolute Gasteiger partial charge is 0.339 e.